The number of thiol groups is 2. The van der Waals surface area contributed by atoms with Gasteiger partial charge in [-0.1, -0.05) is 0 Å². The van der Waals surface area contributed by atoms with Crippen molar-refractivity contribution in [1.29, 1.82) is 0 Å². The topological polar surface area (TPSA) is 124 Å². The standard InChI is InChI=1S/C13H20N4O4S2/c1-22-7-14-16-9(22)3-5-13(11(18)19,12(20)21)6-4-10-17-15-8-23(10)2/h7-8,22-23H,3-6H2,1-2H3,(H,18,19)(H,20,21). The number of hydrogen-bond donors (Lipinski definition) is 4. The lowest BCUT2D eigenvalue weighted by Gasteiger charge is -2.26. The average molecular weight is 360 g/mol. The van der Waals surface area contributed by atoms with Crippen molar-refractivity contribution >= 4 is 54.9 Å². The highest BCUT2D eigenvalue weighted by atomic mass is 32.2. The van der Waals surface area contributed by atoms with Gasteiger partial charge in [0.2, 0.25) is 0 Å². The first-order valence-corrected chi connectivity index (χ1v) is 10.7. The maximum atomic E-state index is 11.7. The molecule has 2 unspecified atom stereocenters. The van der Waals surface area contributed by atoms with Crippen LogP contribution >= 0.6 is 21.8 Å². The summed E-state index contributed by atoms with van der Waals surface area (Å²) in [6.07, 6.45) is 4.57. The Hall–Kier alpha value is -1.68. The Bertz CT molecular complexity index is 575. The molecule has 0 bridgehead atoms. The van der Waals surface area contributed by atoms with Crippen LogP contribution in [0.25, 0.3) is 0 Å². The van der Waals surface area contributed by atoms with E-state index in [0.717, 1.165) is 10.1 Å². The highest BCUT2D eigenvalue weighted by Crippen LogP contribution is 2.37. The van der Waals surface area contributed by atoms with Gasteiger partial charge >= 0.3 is 11.9 Å². The third-order valence-corrected chi connectivity index (χ3v) is 7.13. The Morgan fingerprint density at radius 2 is 1.35 bits per heavy atom. The summed E-state index contributed by atoms with van der Waals surface area (Å²) < 4.78 is 0. The van der Waals surface area contributed by atoms with Crippen molar-refractivity contribution in [3.05, 3.63) is 0 Å². The largest absolute Gasteiger partial charge is 0.480 e. The summed E-state index contributed by atoms with van der Waals surface area (Å²) >= 11 is 0. The van der Waals surface area contributed by atoms with E-state index in [2.05, 4.69) is 20.4 Å². The van der Waals surface area contributed by atoms with Crippen molar-refractivity contribution in [3.8, 4) is 0 Å². The lowest BCUT2D eigenvalue weighted by molar-refractivity contribution is -0.165. The molecular formula is C13H20N4O4S2. The molecule has 0 saturated heterocycles. The van der Waals surface area contributed by atoms with Gasteiger partial charge in [0.15, 0.2) is 5.41 Å². The summed E-state index contributed by atoms with van der Waals surface area (Å²) in [5, 5.41) is 36.3. The van der Waals surface area contributed by atoms with E-state index in [-0.39, 0.29) is 12.8 Å². The predicted molar refractivity (Wildman–Crippen MR) is 97.8 cm³/mol. The van der Waals surface area contributed by atoms with Crippen LogP contribution in [0.15, 0.2) is 20.4 Å². The lowest BCUT2D eigenvalue weighted by atomic mass is 9.79. The van der Waals surface area contributed by atoms with E-state index in [1.54, 1.807) is 11.1 Å². The van der Waals surface area contributed by atoms with Crippen LogP contribution in [0.3, 0.4) is 0 Å². The van der Waals surface area contributed by atoms with E-state index in [4.69, 9.17) is 0 Å². The number of carboxylic acid groups (broad SMARTS) is 2. The molecule has 128 valence electrons. The number of carboxylic acids is 2. The summed E-state index contributed by atoms with van der Waals surface area (Å²) in [5.74, 6) is -2.63. The van der Waals surface area contributed by atoms with Gasteiger partial charge in [0, 0.05) is 0 Å². The second-order valence-electron chi connectivity index (χ2n) is 5.41. The van der Waals surface area contributed by atoms with E-state index in [9.17, 15) is 19.8 Å². The molecule has 0 amide bonds. The van der Waals surface area contributed by atoms with Crippen molar-refractivity contribution < 1.29 is 19.8 Å². The number of aliphatic carboxylic acids is 2. The average Bonchev–Trinajstić information content (AvgIpc) is 3.07. The van der Waals surface area contributed by atoms with Crippen LogP contribution < -0.4 is 0 Å². The van der Waals surface area contributed by atoms with Gasteiger partial charge in [0.1, 0.15) is 0 Å². The first kappa shape index (κ1) is 17.7. The molecule has 8 nitrogen and oxygen atoms in total. The van der Waals surface area contributed by atoms with Gasteiger partial charge in [-0.05, 0) is 38.2 Å². The van der Waals surface area contributed by atoms with Crippen LogP contribution in [-0.2, 0) is 9.59 Å². The Morgan fingerprint density at radius 3 is 1.61 bits per heavy atom. The van der Waals surface area contributed by atoms with Crippen LogP contribution in [0.2, 0.25) is 0 Å². The fraction of sp³-hybridized carbons (Fsp3) is 0.538. The minimum atomic E-state index is -1.83. The number of carbonyl (C=O) groups is 2. The summed E-state index contributed by atoms with van der Waals surface area (Å²) in [6.45, 7) is 0. The summed E-state index contributed by atoms with van der Waals surface area (Å²) in [5.41, 5.74) is 1.62. The molecule has 0 aliphatic carbocycles. The maximum absolute atomic E-state index is 11.7. The van der Waals surface area contributed by atoms with Gasteiger partial charge in [-0.2, -0.15) is 32.0 Å². The highest BCUT2D eigenvalue weighted by molar-refractivity contribution is 8.40. The second kappa shape index (κ2) is 7.26. The van der Waals surface area contributed by atoms with Crippen LogP contribution in [0.4, 0.5) is 0 Å². The zero-order valence-corrected chi connectivity index (χ0v) is 14.7. The zero-order valence-electron chi connectivity index (χ0n) is 12.9. The van der Waals surface area contributed by atoms with E-state index < -0.39 is 39.1 Å². The molecule has 2 rings (SSSR count). The van der Waals surface area contributed by atoms with Crippen LogP contribution in [-0.4, -0.2) is 55.8 Å². The van der Waals surface area contributed by atoms with E-state index in [1.807, 2.05) is 12.5 Å². The maximum Gasteiger partial charge on any atom is 0.321 e. The molecular weight excluding hydrogens is 340 g/mol. The molecule has 2 heterocycles. The van der Waals surface area contributed by atoms with Crippen molar-refractivity contribution in [2.24, 2.45) is 25.8 Å². The molecule has 0 saturated carbocycles. The normalized spacial score (nSPS) is 26.2. The quantitative estimate of drug-likeness (QED) is 0.388. The number of hydrogen-bond acceptors (Lipinski definition) is 6. The molecule has 2 aliphatic rings. The Morgan fingerprint density at radius 1 is 0.957 bits per heavy atom. The Labute approximate surface area is 139 Å². The summed E-state index contributed by atoms with van der Waals surface area (Å²) in [7, 11) is -1.23. The molecule has 2 N–H and O–H groups in total. The van der Waals surface area contributed by atoms with E-state index in [0.29, 0.717) is 12.8 Å². The molecule has 23 heavy (non-hydrogen) atoms. The third kappa shape index (κ3) is 3.81. The predicted octanol–water partition coefficient (Wildman–Crippen LogP) is 1.68. The summed E-state index contributed by atoms with van der Waals surface area (Å²) in [4.78, 5) is 23.4. The van der Waals surface area contributed by atoms with Crippen molar-refractivity contribution in [2.45, 2.75) is 25.7 Å². The molecule has 0 radical (unpaired) electrons. The van der Waals surface area contributed by atoms with E-state index >= 15 is 0 Å². The van der Waals surface area contributed by atoms with Crippen LogP contribution in [0.5, 0.6) is 0 Å². The third-order valence-electron chi connectivity index (χ3n) is 3.98. The summed E-state index contributed by atoms with van der Waals surface area (Å²) in [6, 6.07) is 0. The Balaban J connectivity index is 2.08. The fourth-order valence-electron chi connectivity index (χ4n) is 2.36. The minimum Gasteiger partial charge on any atom is -0.480 e. The zero-order chi connectivity index (χ0) is 17.0. The minimum absolute atomic E-state index is 0.00229. The molecule has 2 atom stereocenters. The SMILES string of the molecule is C[SH]1C=NN=C1CCC(CCC1=NN=C[SH]1C)(C(=O)O)C(=O)O. The highest BCUT2D eigenvalue weighted by Gasteiger charge is 2.46. The molecule has 0 aromatic heterocycles. The van der Waals surface area contributed by atoms with Gasteiger partial charge < -0.3 is 10.2 Å². The van der Waals surface area contributed by atoms with Gasteiger partial charge in [-0.25, -0.2) is 0 Å². The van der Waals surface area contributed by atoms with Crippen molar-refractivity contribution in [1.82, 2.24) is 0 Å². The number of rotatable bonds is 8. The Kier molecular flexibility index (Phi) is 5.58. The van der Waals surface area contributed by atoms with Crippen LogP contribution in [0.1, 0.15) is 25.7 Å². The fourth-order valence-corrected chi connectivity index (χ4v) is 4.36. The van der Waals surface area contributed by atoms with Gasteiger partial charge in [-0.3, -0.25) is 9.59 Å². The smallest absolute Gasteiger partial charge is 0.321 e. The molecule has 10 heteroatoms. The first-order chi connectivity index (χ1) is 10.9. The van der Waals surface area contributed by atoms with Gasteiger partial charge in [-0.15, -0.1) is 10.2 Å². The van der Waals surface area contributed by atoms with Crippen LogP contribution in [0, 0.1) is 5.41 Å². The van der Waals surface area contributed by atoms with Crippen molar-refractivity contribution in [3.63, 3.8) is 0 Å². The molecule has 0 fully saturated rings. The molecule has 0 aromatic rings. The monoisotopic (exact) mass is 360 g/mol. The first-order valence-electron chi connectivity index (χ1n) is 6.99. The lowest BCUT2D eigenvalue weighted by Crippen LogP contribution is -2.40. The molecule has 2 aliphatic heterocycles. The molecule has 0 spiro atoms. The number of nitrogens with zero attached hydrogens (tertiary/aromatic N) is 4. The van der Waals surface area contributed by atoms with Gasteiger partial charge in [0.25, 0.3) is 0 Å². The van der Waals surface area contributed by atoms with E-state index in [1.165, 1.54) is 0 Å². The second-order valence-corrected chi connectivity index (χ2v) is 9.35. The van der Waals surface area contributed by atoms with Gasteiger partial charge in [0.05, 0.1) is 21.2 Å². The molecule has 0 aromatic carbocycles. The van der Waals surface area contributed by atoms with Crippen molar-refractivity contribution in [2.75, 3.05) is 12.5 Å².